The van der Waals surface area contributed by atoms with Crippen molar-refractivity contribution in [2.75, 3.05) is 6.54 Å². The Kier molecular flexibility index (Phi) is 7.05. The Hall–Kier alpha value is -0.830. The van der Waals surface area contributed by atoms with Gasteiger partial charge in [0.1, 0.15) is 0 Å². The first-order valence-electron chi connectivity index (χ1n) is 5.61. The van der Waals surface area contributed by atoms with Gasteiger partial charge in [-0.2, -0.15) is 0 Å². The van der Waals surface area contributed by atoms with E-state index in [-0.39, 0.29) is 17.9 Å². The van der Waals surface area contributed by atoms with E-state index in [2.05, 4.69) is 11.9 Å². The first-order valence-corrected chi connectivity index (χ1v) is 5.61. The van der Waals surface area contributed by atoms with Crippen LogP contribution < -0.4 is 11.1 Å². The summed E-state index contributed by atoms with van der Waals surface area (Å²) in [5, 5.41) is 2.85. The molecule has 3 nitrogen and oxygen atoms in total. The van der Waals surface area contributed by atoms with Crippen molar-refractivity contribution >= 4 is 5.91 Å². The molecule has 0 rings (SSSR count). The standard InChI is InChI=1S/C12H24N2O/c1-9(2)8-14-12(15)10(3)6-5-7-11(4)13/h10-11H,1,5-8,13H2,2-4H3,(H,14,15). The summed E-state index contributed by atoms with van der Waals surface area (Å²) in [5.74, 6) is 0.186. The lowest BCUT2D eigenvalue weighted by atomic mass is 10.0. The predicted molar refractivity (Wildman–Crippen MR) is 64.5 cm³/mol. The fourth-order valence-corrected chi connectivity index (χ4v) is 1.29. The minimum atomic E-state index is 0.0723. The number of carbonyl (C=O) groups is 1. The molecule has 88 valence electrons. The molecule has 0 radical (unpaired) electrons. The van der Waals surface area contributed by atoms with E-state index in [1.54, 1.807) is 0 Å². The minimum Gasteiger partial charge on any atom is -0.352 e. The number of hydrogen-bond acceptors (Lipinski definition) is 2. The van der Waals surface area contributed by atoms with E-state index < -0.39 is 0 Å². The molecule has 3 heteroatoms. The van der Waals surface area contributed by atoms with Gasteiger partial charge in [0.25, 0.3) is 0 Å². The van der Waals surface area contributed by atoms with Gasteiger partial charge in [-0.1, -0.05) is 25.5 Å². The summed E-state index contributed by atoms with van der Waals surface area (Å²) in [4.78, 5) is 11.5. The van der Waals surface area contributed by atoms with Crippen LogP contribution in [0.5, 0.6) is 0 Å². The SMILES string of the molecule is C=C(C)CNC(=O)C(C)CCCC(C)N. The Morgan fingerprint density at radius 2 is 2.00 bits per heavy atom. The van der Waals surface area contributed by atoms with Gasteiger partial charge in [-0.3, -0.25) is 4.79 Å². The van der Waals surface area contributed by atoms with Gasteiger partial charge in [0, 0.05) is 18.5 Å². The Morgan fingerprint density at radius 1 is 1.40 bits per heavy atom. The average molecular weight is 212 g/mol. The molecule has 0 aliphatic carbocycles. The summed E-state index contributed by atoms with van der Waals surface area (Å²) in [6.07, 6.45) is 2.90. The molecule has 2 atom stereocenters. The number of hydrogen-bond donors (Lipinski definition) is 2. The molecule has 0 heterocycles. The first kappa shape index (κ1) is 14.2. The van der Waals surface area contributed by atoms with Crippen molar-refractivity contribution in [2.45, 2.75) is 46.1 Å². The van der Waals surface area contributed by atoms with Crippen molar-refractivity contribution in [1.29, 1.82) is 0 Å². The predicted octanol–water partition coefficient (Wildman–Crippen LogP) is 1.83. The van der Waals surface area contributed by atoms with E-state index in [0.717, 1.165) is 24.8 Å². The van der Waals surface area contributed by atoms with Crippen molar-refractivity contribution in [3.05, 3.63) is 12.2 Å². The lowest BCUT2D eigenvalue weighted by Gasteiger charge is -2.12. The van der Waals surface area contributed by atoms with Crippen molar-refractivity contribution in [3.8, 4) is 0 Å². The van der Waals surface area contributed by atoms with Gasteiger partial charge in [0.15, 0.2) is 0 Å². The lowest BCUT2D eigenvalue weighted by molar-refractivity contribution is -0.124. The van der Waals surface area contributed by atoms with Gasteiger partial charge in [-0.15, -0.1) is 0 Å². The molecule has 0 spiro atoms. The van der Waals surface area contributed by atoms with Crippen LogP contribution in [0.1, 0.15) is 40.0 Å². The van der Waals surface area contributed by atoms with Crippen LogP contribution in [-0.4, -0.2) is 18.5 Å². The maximum absolute atomic E-state index is 11.5. The molecular weight excluding hydrogens is 188 g/mol. The van der Waals surface area contributed by atoms with Crippen molar-refractivity contribution in [1.82, 2.24) is 5.32 Å². The minimum absolute atomic E-state index is 0.0723. The Bertz CT molecular complexity index is 212. The van der Waals surface area contributed by atoms with Crippen LogP contribution in [0.25, 0.3) is 0 Å². The Balaban J connectivity index is 3.64. The highest BCUT2D eigenvalue weighted by Crippen LogP contribution is 2.08. The second-order valence-electron chi connectivity index (χ2n) is 4.48. The van der Waals surface area contributed by atoms with E-state index in [1.807, 2.05) is 20.8 Å². The molecule has 0 aromatic carbocycles. The van der Waals surface area contributed by atoms with Crippen molar-refractivity contribution < 1.29 is 4.79 Å². The van der Waals surface area contributed by atoms with E-state index >= 15 is 0 Å². The van der Waals surface area contributed by atoms with E-state index in [1.165, 1.54) is 0 Å². The maximum Gasteiger partial charge on any atom is 0.223 e. The van der Waals surface area contributed by atoms with Crippen LogP contribution in [0, 0.1) is 5.92 Å². The van der Waals surface area contributed by atoms with Gasteiger partial charge >= 0.3 is 0 Å². The summed E-state index contributed by atoms with van der Waals surface area (Å²) >= 11 is 0. The number of rotatable bonds is 7. The van der Waals surface area contributed by atoms with Gasteiger partial charge in [0.2, 0.25) is 5.91 Å². The Labute approximate surface area is 93.1 Å². The third kappa shape index (κ3) is 8.18. The number of nitrogens with one attached hydrogen (secondary N) is 1. The summed E-state index contributed by atoms with van der Waals surface area (Å²) in [5.41, 5.74) is 6.62. The second-order valence-corrected chi connectivity index (χ2v) is 4.48. The highest BCUT2D eigenvalue weighted by molar-refractivity contribution is 5.78. The van der Waals surface area contributed by atoms with Crippen molar-refractivity contribution in [2.24, 2.45) is 11.7 Å². The molecule has 3 N–H and O–H groups in total. The first-order chi connectivity index (χ1) is 6.93. The molecule has 0 saturated carbocycles. The lowest BCUT2D eigenvalue weighted by Crippen LogP contribution is -2.30. The third-order valence-corrected chi connectivity index (χ3v) is 2.31. The number of carbonyl (C=O) groups excluding carboxylic acids is 1. The number of nitrogens with two attached hydrogens (primary N) is 1. The van der Waals surface area contributed by atoms with E-state index in [9.17, 15) is 4.79 Å². The summed E-state index contributed by atoms with van der Waals surface area (Å²) in [7, 11) is 0. The molecule has 2 unspecified atom stereocenters. The molecule has 0 bridgehead atoms. The molecule has 0 fully saturated rings. The molecule has 15 heavy (non-hydrogen) atoms. The topological polar surface area (TPSA) is 55.1 Å². The van der Waals surface area contributed by atoms with E-state index in [0.29, 0.717) is 6.54 Å². The monoisotopic (exact) mass is 212 g/mol. The zero-order chi connectivity index (χ0) is 11.8. The summed E-state index contributed by atoms with van der Waals surface area (Å²) in [6, 6.07) is 0.232. The maximum atomic E-state index is 11.5. The molecule has 0 aliphatic heterocycles. The molecule has 0 saturated heterocycles. The number of amides is 1. The smallest absolute Gasteiger partial charge is 0.223 e. The normalized spacial score (nSPS) is 14.4. The zero-order valence-electron chi connectivity index (χ0n) is 10.2. The second kappa shape index (κ2) is 7.46. The van der Waals surface area contributed by atoms with Crippen LogP contribution in [0.15, 0.2) is 12.2 Å². The van der Waals surface area contributed by atoms with Crippen molar-refractivity contribution in [3.63, 3.8) is 0 Å². The van der Waals surface area contributed by atoms with Gasteiger partial charge in [-0.25, -0.2) is 0 Å². The fraction of sp³-hybridized carbons (Fsp3) is 0.750. The van der Waals surface area contributed by atoms with Gasteiger partial charge in [-0.05, 0) is 26.7 Å². The van der Waals surface area contributed by atoms with Crippen LogP contribution in [-0.2, 0) is 4.79 Å². The largest absolute Gasteiger partial charge is 0.352 e. The highest BCUT2D eigenvalue weighted by Gasteiger charge is 2.11. The molecular formula is C12H24N2O. The third-order valence-electron chi connectivity index (χ3n) is 2.31. The molecule has 0 aromatic rings. The average Bonchev–Trinajstić information content (AvgIpc) is 2.13. The molecule has 0 aromatic heterocycles. The zero-order valence-corrected chi connectivity index (χ0v) is 10.2. The van der Waals surface area contributed by atoms with Gasteiger partial charge in [0.05, 0.1) is 0 Å². The van der Waals surface area contributed by atoms with Crippen LogP contribution in [0.2, 0.25) is 0 Å². The highest BCUT2D eigenvalue weighted by atomic mass is 16.1. The summed E-state index contributed by atoms with van der Waals surface area (Å²) < 4.78 is 0. The van der Waals surface area contributed by atoms with E-state index in [4.69, 9.17) is 5.73 Å². The van der Waals surface area contributed by atoms with Crippen LogP contribution in [0.3, 0.4) is 0 Å². The van der Waals surface area contributed by atoms with Crippen LogP contribution in [0.4, 0.5) is 0 Å². The quantitative estimate of drug-likeness (QED) is 0.633. The summed E-state index contributed by atoms with van der Waals surface area (Å²) in [6.45, 7) is 10.2. The Morgan fingerprint density at radius 3 is 2.47 bits per heavy atom. The van der Waals surface area contributed by atoms with Crippen LogP contribution >= 0.6 is 0 Å². The van der Waals surface area contributed by atoms with Gasteiger partial charge < -0.3 is 11.1 Å². The molecule has 0 aliphatic rings. The molecule has 1 amide bonds. The fourth-order valence-electron chi connectivity index (χ4n) is 1.29.